The molecule has 0 atom stereocenters. The van der Waals surface area contributed by atoms with Crippen molar-refractivity contribution in [1.82, 2.24) is 14.6 Å². The van der Waals surface area contributed by atoms with E-state index in [4.69, 9.17) is 4.74 Å². The summed E-state index contributed by atoms with van der Waals surface area (Å²) in [5, 5.41) is 13.2. The highest BCUT2D eigenvalue weighted by Gasteiger charge is 2.13. The minimum absolute atomic E-state index is 0.0674. The third-order valence-corrected chi connectivity index (χ3v) is 2.94. The van der Waals surface area contributed by atoms with Gasteiger partial charge in [-0.05, 0) is 18.2 Å². The average molecular weight is 269 g/mol. The Hall–Kier alpha value is -2.89. The van der Waals surface area contributed by atoms with Crippen LogP contribution in [0.15, 0.2) is 42.6 Å². The summed E-state index contributed by atoms with van der Waals surface area (Å²) in [4.78, 5) is 15.7. The number of carbonyl (C=O) groups is 1. The molecule has 0 aliphatic heterocycles. The van der Waals surface area contributed by atoms with Crippen molar-refractivity contribution in [3.8, 4) is 17.0 Å². The van der Waals surface area contributed by atoms with Crippen molar-refractivity contribution in [2.24, 2.45) is 0 Å². The number of rotatable bonds is 3. The van der Waals surface area contributed by atoms with E-state index in [0.29, 0.717) is 17.1 Å². The lowest BCUT2D eigenvalue weighted by Gasteiger charge is -2.06. The summed E-state index contributed by atoms with van der Waals surface area (Å²) >= 11 is 0. The molecule has 0 radical (unpaired) electrons. The zero-order chi connectivity index (χ0) is 14.1. The van der Waals surface area contributed by atoms with E-state index in [9.17, 15) is 9.90 Å². The topological polar surface area (TPSA) is 76.7 Å². The van der Waals surface area contributed by atoms with Crippen LogP contribution in [0.25, 0.3) is 16.9 Å². The molecule has 1 N–H and O–H groups in total. The van der Waals surface area contributed by atoms with Gasteiger partial charge >= 0.3 is 5.97 Å². The molecule has 2 heterocycles. The van der Waals surface area contributed by atoms with Gasteiger partial charge in [0.15, 0.2) is 11.3 Å². The lowest BCUT2D eigenvalue weighted by molar-refractivity contribution is 0.0687. The maximum atomic E-state index is 11.3. The molecule has 3 aromatic rings. The molecule has 0 spiro atoms. The van der Waals surface area contributed by atoms with Gasteiger partial charge in [-0.15, -0.1) is 0 Å². The third-order valence-electron chi connectivity index (χ3n) is 2.94. The van der Waals surface area contributed by atoms with Crippen molar-refractivity contribution in [2.75, 3.05) is 7.11 Å². The minimum atomic E-state index is -1.05. The molecule has 0 unspecified atom stereocenters. The summed E-state index contributed by atoms with van der Waals surface area (Å²) in [5.74, 6) is -0.361. The predicted octanol–water partition coefficient (Wildman–Crippen LogP) is 2.10. The smallest absolute Gasteiger partial charge is 0.354 e. The Morgan fingerprint density at radius 2 is 2.15 bits per heavy atom. The van der Waals surface area contributed by atoms with Crippen molar-refractivity contribution in [2.45, 2.75) is 0 Å². The van der Waals surface area contributed by atoms with E-state index < -0.39 is 5.97 Å². The number of methoxy groups -OCH3 is 1. The first-order chi connectivity index (χ1) is 9.69. The molecule has 0 saturated carbocycles. The van der Waals surface area contributed by atoms with Crippen LogP contribution in [-0.4, -0.2) is 32.8 Å². The first-order valence-corrected chi connectivity index (χ1v) is 5.91. The highest BCUT2D eigenvalue weighted by atomic mass is 16.5. The van der Waals surface area contributed by atoms with Gasteiger partial charge in [-0.1, -0.05) is 12.1 Å². The van der Waals surface area contributed by atoms with E-state index in [2.05, 4.69) is 10.1 Å². The van der Waals surface area contributed by atoms with Gasteiger partial charge in [-0.2, -0.15) is 5.10 Å². The van der Waals surface area contributed by atoms with Crippen LogP contribution >= 0.6 is 0 Å². The zero-order valence-electron chi connectivity index (χ0n) is 10.6. The number of carboxylic acid groups (broad SMARTS) is 1. The largest absolute Gasteiger partial charge is 0.497 e. The minimum Gasteiger partial charge on any atom is -0.497 e. The van der Waals surface area contributed by atoms with E-state index in [-0.39, 0.29) is 5.69 Å². The van der Waals surface area contributed by atoms with E-state index >= 15 is 0 Å². The molecule has 6 heteroatoms. The predicted molar refractivity (Wildman–Crippen MR) is 71.9 cm³/mol. The lowest BCUT2D eigenvalue weighted by Crippen LogP contribution is -2.08. The van der Waals surface area contributed by atoms with Gasteiger partial charge in [0.1, 0.15) is 5.75 Å². The van der Waals surface area contributed by atoms with Crippen LogP contribution in [0.5, 0.6) is 5.75 Å². The van der Waals surface area contributed by atoms with E-state index in [1.165, 1.54) is 16.8 Å². The molecular formula is C14H11N3O3. The molecule has 6 nitrogen and oxygen atoms in total. The van der Waals surface area contributed by atoms with Crippen molar-refractivity contribution >= 4 is 11.6 Å². The van der Waals surface area contributed by atoms with Crippen molar-refractivity contribution in [3.63, 3.8) is 0 Å². The molecule has 2 aromatic heterocycles. The summed E-state index contributed by atoms with van der Waals surface area (Å²) in [6, 6.07) is 10.5. The van der Waals surface area contributed by atoms with Crippen LogP contribution in [0.4, 0.5) is 0 Å². The first kappa shape index (κ1) is 12.2. The second kappa shape index (κ2) is 4.65. The van der Waals surface area contributed by atoms with Crippen molar-refractivity contribution in [1.29, 1.82) is 0 Å². The molecule has 0 saturated heterocycles. The highest BCUT2D eigenvalue weighted by molar-refractivity contribution is 5.88. The summed E-state index contributed by atoms with van der Waals surface area (Å²) in [7, 11) is 1.58. The number of aromatic carboxylic acids is 1. The van der Waals surface area contributed by atoms with Gasteiger partial charge in [0.05, 0.1) is 19.0 Å². The fraction of sp³-hybridized carbons (Fsp3) is 0.0714. The van der Waals surface area contributed by atoms with Crippen LogP contribution in [-0.2, 0) is 0 Å². The number of hydrogen-bond acceptors (Lipinski definition) is 4. The number of fused-ring (bicyclic) bond motifs is 1. The second-order valence-electron chi connectivity index (χ2n) is 4.16. The van der Waals surface area contributed by atoms with Gasteiger partial charge in [0, 0.05) is 11.6 Å². The van der Waals surface area contributed by atoms with Crippen LogP contribution in [0.2, 0.25) is 0 Å². The molecule has 0 amide bonds. The normalized spacial score (nSPS) is 10.7. The molecule has 3 rings (SSSR count). The summed E-state index contributed by atoms with van der Waals surface area (Å²) in [6.45, 7) is 0. The molecule has 0 bridgehead atoms. The average Bonchev–Trinajstić information content (AvgIpc) is 2.94. The number of carboxylic acids is 1. The van der Waals surface area contributed by atoms with Gasteiger partial charge in [0.25, 0.3) is 0 Å². The van der Waals surface area contributed by atoms with Crippen molar-refractivity contribution in [3.05, 3.63) is 48.3 Å². The fourth-order valence-electron chi connectivity index (χ4n) is 2.00. The lowest BCUT2D eigenvalue weighted by atomic mass is 10.1. The third kappa shape index (κ3) is 1.97. The Labute approximate surface area is 114 Å². The Kier molecular flexibility index (Phi) is 2.83. The molecule has 0 fully saturated rings. The number of aromatic nitrogens is 3. The standard InChI is InChI=1S/C14H11N3O3/c1-20-10-4-2-3-9(7-10)11-8-12(14(18)19)17-13(16-11)5-6-15-17/h2-8H,1H3,(H,18,19). The first-order valence-electron chi connectivity index (χ1n) is 5.91. The molecule has 0 aliphatic carbocycles. The number of benzene rings is 1. The van der Waals surface area contributed by atoms with E-state index in [1.807, 2.05) is 18.2 Å². The Morgan fingerprint density at radius 1 is 1.30 bits per heavy atom. The van der Waals surface area contributed by atoms with Crippen LogP contribution in [0, 0.1) is 0 Å². The van der Waals surface area contributed by atoms with Crippen LogP contribution in [0.1, 0.15) is 10.5 Å². The monoisotopic (exact) mass is 269 g/mol. The molecule has 1 aromatic carbocycles. The SMILES string of the molecule is COc1cccc(-c2cc(C(=O)O)n3nccc3n2)c1. The summed E-state index contributed by atoms with van der Waals surface area (Å²) in [5.41, 5.74) is 1.91. The molecule has 0 aliphatic rings. The second-order valence-corrected chi connectivity index (χ2v) is 4.16. The van der Waals surface area contributed by atoms with Crippen LogP contribution < -0.4 is 4.74 Å². The highest BCUT2D eigenvalue weighted by Crippen LogP contribution is 2.23. The van der Waals surface area contributed by atoms with Gasteiger partial charge in [-0.25, -0.2) is 14.3 Å². The molecule has 100 valence electrons. The Bertz CT molecular complexity index is 795. The Balaban J connectivity index is 2.22. The summed E-state index contributed by atoms with van der Waals surface area (Å²) in [6.07, 6.45) is 1.52. The zero-order valence-corrected chi connectivity index (χ0v) is 10.6. The maximum Gasteiger partial charge on any atom is 0.354 e. The van der Waals surface area contributed by atoms with Gasteiger partial charge in [-0.3, -0.25) is 0 Å². The fourth-order valence-corrected chi connectivity index (χ4v) is 2.00. The number of nitrogens with zero attached hydrogens (tertiary/aromatic N) is 3. The van der Waals surface area contributed by atoms with Gasteiger partial charge in [0.2, 0.25) is 0 Å². The van der Waals surface area contributed by atoms with Crippen molar-refractivity contribution < 1.29 is 14.6 Å². The molecule has 20 heavy (non-hydrogen) atoms. The van der Waals surface area contributed by atoms with E-state index in [0.717, 1.165) is 5.56 Å². The van der Waals surface area contributed by atoms with Crippen LogP contribution in [0.3, 0.4) is 0 Å². The van der Waals surface area contributed by atoms with E-state index in [1.54, 1.807) is 19.2 Å². The quantitative estimate of drug-likeness (QED) is 0.788. The summed E-state index contributed by atoms with van der Waals surface area (Å²) < 4.78 is 6.46. The maximum absolute atomic E-state index is 11.3. The molecular weight excluding hydrogens is 258 g/mol. The number of ether oxygens (including phenoxy) is 1. The number of hydrogen-bond donors (Lipinski definition) is 1. The Morgan fingerprint density at radius 3 is 2.90 bits per heavy atom. The van der Waals surface area contributed by atoms with Gasteiger partial charge < -0.3 is 9.84 Å².